The number of methoxy groups -OCH3 is 1. The molecule has 26 heavy (non-hydrogen) atoms. The van der Waals surface area contributed by atoms with Crippen LogP contribution in [0.3, 0.4) is 0 Å². The largest absolute Gasteiger partial charge is 0.496 e. The van der Waals surface area contributed by atoms with Crippen LogP contribution in [0.15, 0.2) is 33.5 Å². The third-order valence-electron chi connectivity index (χ3n) is 3.73. The molecular formula is C17H17F3O6. The van der Waals surface area contributed by atoms with Gasteiger partial charge in [-0.2, -0.15) is 13.2 Å². The average Bonchev–Trinajstić information content (AvgIpc) is 2.52. The fourth-order valence-corrected chi connectivity index (χ4v) is 2.37. The zero-order valence-corrected chi connectivity index (χ0v) is 14.2. The van der Waals surface area contributed by atoms with Crippen molar-refractivity contribution < 1.29 is 37.0 Å². The van der Waals surface area contributed by atoms with E-state index in [2.05, 4.69) is 4.74 Å². The molecule has 0 bridgehead atoms. The number of alkyl halides is 3. The summed E-state index contributed by atoms with van der Waals surface area (Å²) in [5.41, 5.74) is -2.19. The van der Waals surface area contributed by atoms with Crippen LogP contribution in [-0.4, -0.2) is 36.1 Å². The van der Waals surface area contributed by atoms with Crippen molar-refractivity contribution >= 4 is 16.9 Å². The highest BCUT2D eigenvalue weighted by molar-refractivity contribution is 5.82. The van der Waals surface area contributed by atoms with Gasteiger partial charge in [0.15, 0.2) is 0 Å². The molecule has 0 spiro atoms. The van der Waals surface area contributed by atoms with Crippen molar-refractivity contribution in [2.45, 2.75) is 38.1 Å². The van der Waals surface area contributed by atoms with Crippen molar-refractivity contribution in [3.63, 3.8) is 0 Å². The lowest BCUT2D eigenvalue weighted by molar-refractivity contribution is -0.213. The lowest BCUT2D eigenvalue weighted by atomic mass is 9.93. The highest BCUT2D eigenvalue weighted by Gasteiger charge is 2.44. The van der Waals surface area contributed by atoms with Crippen LogP contribution in [0.1, 0.15) is 19.4 Å². The first-order valence-electron chi connectivity index (χ1n) is 7.53. The quantitative estimate of drug-likeness (QED) is 0.640. The van der Waals surface area contributed by atoms with Crippen molar-refractivity contribution in [2.24, 2.45) is 0 Å². The number of ether oxygens (including phenoxy) is 2. The number of fused-ring (bicyclic) bond motifs is 1. The van der Waals surface area contributed by atoms with E-state index in [1.165, 1.54) is 39.2 Å². The number of hydrogen-bond donors (Lipinski definition) is 1. The van der Waals surface area contributed by atoms with Gasteiger partial charge in [-0.25, -0.2) is 9.59 Å². The van der Waals surface area contributed by atoms with Crippen LogP contribution >= 0.6 is 0 Å². The molecule has 0 aliphatic carbocycles. The summed E-state index contributed by atoms with van der Waals surface area (Å²) in [7, 11) is 1.33. The normalized spacial score (nSPS) is 13.5. The lowest BCUT2D eigenvalue weighted by Gasteiger charge is -2.29. The number of esters is 1. The molecule has 0 amide bonds. The molecule has 0 saturated carbocycles. The topological polar surface area (TPSA) is 86.0 Å². The molecule has 0 fully saturated rings. The molecular weight excluding hydrogens is 357 g/mol. The van der Waals surface area contributed by atoms with Gasteiger partial charge in [0.05, 0.1) is 12.7 Å². The van der Waals surface area contributed by atoms with Gasteiger partial charge in [-0.05, 0) is 32.0 Å². The highest BCUT2D eigenvalue weighted by atomic mass is 19.4. The molecule has 0 saturated heterocycles. The molecule has 1 N–H and O–H groups in total. The van der Waals surface area contributed by atoms with Gasteiger partial charge in [-0.1, -0.05) is 0 Å². The molecule has 1 atom stereocenters. The van der Waals surface area contributed by atoms with Gasteiger partial charge in [0, 0.05) is 23.4 Å². The maximum Gasteiger partial charge on any atom is 0.490 e. The van der Waals surface area contributed by atoms with Gasteiger partial charge in [0.2, 0.25) is 0 Å². The van der Waals surface area contributed by atoms with Crippen LogP contribution in [0.25, 0.3) is 11.0 Å². The SMILES string of the molecule is COc1ccc2ccc(=O)oc2c1CC(OC(=O)C(F)(F)F)C(C)(C)O. The van der Waals surface area contributed by atoms with Gasteiger partial charge in [0.25, 0.3) is 0 Å². The predicted octanol–water partition coefficient (Wildman–Crippen LogP) is 2.59. The minimum absolute atomic E-state index is 0.0779. The second kappa shape index (κ2) is 6.99. The van der Waals surface area contributed by atoms with Crippen LogP contribution in [0.2, 0.25) is 0 Å². The lowest BCUT2D eigenvalue weighted by Crippen LogP contribution is -2.44. The van der Waals surface area contributed by atoms with Crippen molar-refractivity contribution in [1.29, 1.82) is 0 Å². The van der Waals surface area contributed by atoms with Crippen molar-refractivity contribution in [3.8, 4) is 5.75 Å². The molecule has 2 rings (SSSR count). The first kappa shape index (κ1) is 19.8. The van der Waals surface area contributed by atoms with E-state index in [1.807, 2.05) is 0 Å². The smallest absolute Gasteiger partial charge is 0.490 e. The van der Waals surface area contributed by atoms with Crippen LogP contribution in [-0.2, 0) is 16.0 Å². The van der Waals surface area contributed by atoms with Crippen molar-refractivity contribution in [1.82, 2.24) is 0 Å². The van der Waals surface area contributed by atoms with Crippen LogP contribution in [0.4, 0.5) is 13.2 Å². The van der Waals surface area contributed by atoms with Gasteiger partial charge >= 0.3 is 17.8 Å². The minimum Gasteiger partial charge on any atom is -0.496 e. The summed E-state index contributed by atoms with van der Waals surface area (Å²) in [6.45, 7) is 2.41. The van der Waals surface area contributed by atoms with E-state index >= 15 is 0 Å². The number of hydrogen-bond acceptors (Lipinski definition) is 6. The second-order valence-corrected chi connectivity index (χ2v) is 6.17. The third-order valence-corrected chi connectivity index (χ3v) is 3.73. The summed E-state index contributed by atoms with van der Waals surface area (Å²) < 4.78 is 52.4. The number of carbonyl (C=O) groups is 1. The maximum absolute atomic E-state index is 12.5. The molecule has 1 heterocycles. The standard InChI is InChI=1S/C17H17F3O6/c1-16(2,23)12(25-15(22)17(18,19)20)8-10-11(24-3)6-4-9-5-7-13(21)26-14(9)10/h4-7,12,23H,8H2,1-3H3. The van der Waals surface area contributed by atoms with E-state index in [4.69, 9.17) is 9.15 Å². The zero-order chi connectivity index (χ0) is 19.7. The third kappa shape index (κ3) is 4.34. The summed E-state index contributed by atoms with van der Waals surface area (Å²) in [6, 6.07) is 5.80. The maximum atomic E-state index is 12.5. The summed E-state index contributed by atoms with van der Waals surface area (Å²) in [6.07, 6.45) is -7.14. The van der Waals surface area contributed by atoms with Crippen molar-refractivity contribution in [2.75, 3.05) is 7.11 Å². The number of rotatable bonds is 5. The highest BCUT2D eigenvalue weighted by Crippen LogP contribution is 2.32. The van der Waals surface area contributed by atoms with Gasteiger partial charge < -0.3 is 19.0 Å². The summed E-state index contributed by atoms with van der Waals surface area (Å²) in [5.74, 6) is -2.21. The Balaban J connectivity index is 2.52. The number of benzene rings is 1. The Kier molecular flexibility index (Phi) is 5.31. The summed E-state index contributed by atoms with van der Waals surface area (Å²) in [5, 5.41) is 10.7. The number of carbonyl (C=O) groups excluding carboxylic acids is 1. The Labute approximate surface area is 146 Å². The molecule has 6 nitrogen and oxygen atoms in total. The summed E-state index contributed by atoms with van der Waals surface area (Å²) in [4.78, 5) is 22.8. The van der Waals surface area contributed by atoms with E-state index in [-0.39, 0.29) is 23.3 Å². The molecule has 0 radical (unpaired) electrons. The van der Waals surface area contributed by atoms with Gasteiger partial charge in [-0.3, -0.25) is 0 Å². The van der Waals surface area contributed by atoms with E-state index < -0.39 is 29.5 Å². The minimum atomic E-state index is -5.21. The van der Waals surface area contributed by atoms with Crippen LogP contribution in [0.5, 0.6) is 5.75 Å². The van der Waals surface area contributed by atoms with Gasteiger partial charge in [0.1, 0.15) is 17.4 Å². The monoisotopic (exact) mass is 374 g/mol. The first-order valence-corrected chi connectivity index (χ1v) is 7.53. The Bertz CT molecular complexity index is 863. The number of aliphatic hydroxyl groups is 1. The van der Waals surface area contributed by atoms with Gasteiger partial charge in [-0.15, -0.1) is 0 Å². The fourth-order valence-electron chi connectivity index (χ4n) is 2.37. The van der Waals surface area contributed by atoms with Crippen LogP contribution in [0, 0.1) is 0 Å². The molecule has 1 aromatic heterocycles. The first-order chi connectivity index (χ1) is 11.9. The van der Waals surface area contributed by atoms with E-state index in [1.54, 1.807) is 6.07 Å². The van der Waals surface area contributed by atoms with E-state index in [0.29, 0.717) is 5.39 Å². The molecule has 0 aliphatic rings. The Hall–Kier alpha value is -2.55. The molecule has 1 aromatic carbocycles. The van der Waals surface area contributed by atoms with Crippen molar-refractivity contribution in [3.05, 3.63) is 40.2 Å². The second-order valence-electron chi connectivity index (χ2n) is 6.17. The molecule has 0 aliphatic heterocycles. The Morgan fingerprint density at radius 1 is 1.23 bits per heavy atom. The number of halogens is 3. The Morgan fingerprint density at radius 3 is 2.38 bits per heavy atom. The van der Waals surface area contributed by atoms with Crippen LogP contribution < -0.4 is 10.4 Å². The Morgan fingerprint density at radius 2 is 1.85 bits per heavy atom. The molecule has 2 aromatic rings. The molecule has 9 heteroatoms. The fraction of sp³-hybridized carbons (Fsp3) is 0.412. The summed E-state index contributed by atoms with van der Waals surface area (Å²) >= 11 is 0. The van der Waals surface area contributed by atoms with E-state index in [0.717, 1.165) is 0 Å². The predicted molar refractivity (Wildman–Crippen MR) is 85.0 cm³/mol. The average molecular weight is 374 g/mol. The van der Waals surface area contributed by atoms with E-state index in [9.17, 15) is 27.9 Å². The molecule has 1 unspecified atom stereocenters. The molecule has 142 valence electrons. The zero-order valence-electron chi connectivity index (χ0n) is 14.2.